The largest absolute Gasteiger partial charge is 0.492 e. The van der Waals surface area contributed by atoms with Crippen molar-refractivity contribution in [1.29, 1.82) is 0 Å². The van der Waals surface area contributed by atoms with E-state index in [1.54, 1.807) is 17.9 Å². The molecule has 8 heteroatoms. The standard InChI is InChI=1S/C20H32N2O5S/c1-6-12-27-18-13-16(5)17(15(3)4)14-19(18)28(24,25)22-10-8-21(9-11-22)20(23)26-7-2/h13-15H,6-12H2,1-5H3. The highest BCUT2D eigenvalue weighted by atomic mass is 32.2. The van der Waals surface area contributed by atoms with E-state index in [1.807, 2.05) is 33.8 Å². The topological polar surface area (TPSA) is 76.2 Å². The lowest BCUT2D eigenvalue weighted by atomic mass is 9.98. The lowest BCUT2D eigenvalue weighted by Gasteiger charge is -2.33. The van der Waals surface area contributed by atoms with Gasteiger partial charge in [-0.1, -0.05) is 20.8 Å². The number of benzene rings is 1. The minimum atomic E-state index is -3.73. The molecule has 0 aliphatic carbocycles. The number of ether oxygens (including phenoxy) is 2. The number of piperazine rings is 1. The zero-order valence-electron chi connectivity index (χ0n) is 17.5. The maximum absolute atomic E-state index is 13.4. The third-order valence-corrected chi connectivity index (χ3v) is 6.72. The Bertz CT molecular complexity index is 784. The van der Waals surface area contributed by atoms with Crippen LogP contribution in [0.1, 0.15) is 51.2 Å². The molecule has 0 N–H and O–H groups in total. The molecule has 1 aromatic rings. The van der Waals surface area contributed by atoms with Gasteiger partial charge in [0.05, 0.1) is 13.2 Å². The Kier molecular flexibility index (Phi) is 7.71. The van der Waals surface area contributed by atoms with Crippen molar-refractivity contribution in [3.05, 3.63) is 23.3 Å². The van der Waals surface area contributed by atoms with Crippen LogP contribution in [0.25, 0.3) is 0 Å². The lowest BCUT2D eigenvalue weighted by molar-refractivity contribution is 0.0933. The van der Waals surface area contributed by atoms with Gasteiger partial charge in [0.15, 0.2) is 0 Å². The third kappa shape index (κ3) is 4.97. The maximum atomic E-state index is 13.4. The Morgan fingerprint density at radius 2 is 1.79 bits per heavy atom. The summed E-state index contributed by atoms with van der Waals surface area (Å²) >= 11 is 0. The van der Waals surface area contributed by atoms with Gasteiger partial charge in [0.1, 0.15) is 10.6 Å². The Morgan fingerprint density at radius 3 is 2.32 bits per heavy atom. The second kappa shape index (κ2) is 9.60. The van der Waals surface area contributed by atoms with Crippen LogP contribution in [0.3, 0.4) is 0 Å². The second-order valence-corrected chi connectivity index (χ2v) is 9.16. The molecule has 0 saturated carbocycles. The van der Waals surface area contributed by atoms with E-state index in [1.165, 1.54) is 4.31 Å². The molecule has 0 spiro atoms. The van der Waals surface area contributed by atoms with Gasteiger partial charge >= 0.3 is 6.09 Å². The van der Waals surface area contributed by atoms with Crippen molar-refractivity contribution in [2.75, 3.05) is 39.4 Å². The Balaban J connectivity index is 2.31. The fourth-order valence-corrected chi connectivity index (χ4v) is 4.86. The van der Waals surface area contributed by atoms with Crippen LogP contribution in [-0.4, -0.2) is 63.1 Å². The molecule has 0 bridgehead atoms. The van der Waals surface area contributed by atoms with Crippen molar-refractivity contribution >= 4 is 16.1 Å². The minimum Gasteiger partial charge on any atom is -0.492 e. The molecule has 1 saturated heterocycles. The minimum absolute atomic E-state index is 0.204. The van der Waals surface area contributed by atoms with Gasteiger partial charge in [0.25, 0.3) is 0 Å². The zero-order chi connectivity index (χ0) is 20.9. The Morgan fingerprint density at radius 1 is 1.14 bits per heavy atom. The molecule has 28 heavy (non-hydrogen) atoms. The summed E-state index contributed by atoms with van der Waals surface area (Å²) in [6.45, 7) is 11.7. The predicted molar refractivity (Wildman–Crippen MR) is 108 cm³/mol. The number of hydrogen-bond donors (Lipinski definition) is 0. The van der Waals surface area contributed by atoms with E-state index in [4.69, 9.17) is 9.47 Å². The van der Waals surface area contributed by atoms with Crippen LogP contribution in [0.5, 0.6) is 5.75 Å². The predicted octanol–water partition coefficient (Wildman–Crippen LogP) is 3.37. The van der Waals surface area contributed by atoms with Gasteiger partial charge in [0.2, 0.25) is 10.0 Å². The molecule has 1 aromatic carbocycles. The highest BCUT2D eigenvalue weighted by Gasteiger charge is 2.33. The molecule has 1 amide bonds. The summed E-state index contributed by atoms with van der Waals surface area (Å²) in [5, 5.41) is 0. The SMILES string of the molecule is CCCOc1cc(C)c(C(C)C)cc1S(=O)(=O)N1CCN(C(=O)OCC)CC1. The molecule has 0 unspecified atom stereocenters. The van der Waals surface area contributed by atoms with E-state index in [9.17, 15) is 13.2 Å². The van der Waals surface area contributed by atoms with Crippen molar-refractivity contribution in [3.63, 3.8) is 0 Å². The first-order chi connectivity index (χ1) is 13.2. The highest BCUT2D eigenvalue weighted by molar-refractivity contribution is 7.89. The molecular weight excluding hydrogens is 380 g/mol. The molecular formula is C20H32N2O5S. The third-order valence-electron chi connectivity index (χ3n) is 4.80. The van der Waals surface area contributed by atoms with Gasteiger partial charge in [-0.3, -0.25) is 0 Å². The molecule has 0 aromatic heterocycles. The van der Waals surface area contributed by atoms with Gasteiger partial charge in [-0.05, 0) is 49.4 Å². The number of hydrogen-bond acceptors (Lipinski definition) is 5. The summed E-state index contributed by atoms with van der Waals surface area (Å²) in [7, 11) is -3.73. The average molecular weight is 413 g/mol. The summed E-state index contributed by atoms with van der Waals surface area (Å²) in [6, 6.07) is 3.57. The second-order valence-electron chi connectivity index (χ2n) is 7.25. The van der Waals surface area contributed by atoms with Crippen LogP contribution >= 0.6 is 0 Å². The zero-order valence-corrected chi connectivity index (χ0v) is 18.3. The van der Waals surface area contributed by atoms with Crippen LogP contribution in [0.4, 0.5) is 4.79 Å². The molecule has 0 atom stereocenters. The molecule has 7 nitrogen and oxygen atoms in total. The van der Waals surface area contributed by atoms with E-state index < -0.39 is 16.1 Å². The first-order valence-corrected chi connectivity index (χ1v) is 11.4. The van der Waals surface area contributed by atoms with Gasteiger partial charge in [-0.25, -0.2) is 13.2 Å². The molecule has 2 rings (SSSR count). The van der Waals surface area contributed by atoms with Crippen LogP contribution in [0.15, 0.2) is 17.0 Å². The van der Waals surface area contributed by atoms with Gasteiger partial charge < -0.3 is 14.4 Å². The van der Waals surface area contributed by atoms with Gasteiger partial charge in [-0.15, -0.1) is 0 Å². The Labute approximate surface area is 168 Å². The summed E-state index contributed by atoms with van der Waals surface area (Å²) in [6.07, 6.45) is 0.395. The van der Waals surface area contributed by atoms with Crippen molar-refractivity contribution < 1.29 is 22.7 Å². The molecule has 1 heterocycles. The highest BCUT2D eigenvalue weighted by Crippen LogP contribution is 2.33. The van der Waals surface area contributed by atoms with Crippen LogP contribution < -0.4 is 4.74 Å². The van der Waals surface area contributed by atoms with E-state index in [0.717, 1.165) is 17.5 Å². The van der Waals surface area contributed by atoms with Crippen LogP contribution in [-0.2, 0) is 14.8 Å². The van der Waals surface area contributed by atoms with Crippen LogP contribution in [0.2, 0.25) is 0 Å². The molecule has 1 fully saturated rings. The van der Waals surface area contributed by atoms with Gasteiger partial charge in [0, 0.05) is 26.2 Å². The Hall–Kier alpha value is -1.80. The summed E-state index contributed by atoms with van der Waals surface area (Å²) in [4.78, 5) is 13.6. The van der Waals surface area contributed by atoms with E-state index >= 15 is 0 Å². The first-order valence-electron chi connectivity index (χ1n) is 9.91. The number of amides is 1. The summed E-state index contributed by atoms with van der Waals surface area (Å²) in [5.41, 5.74) is 2.01. The molecule has 1 aliphatic heterocycles. The number of rotatable bonds is 7. The van der Waals surface area contributed by atoms with Crippen molar-refractivity contribution in [2.45, 2.75) is 51.9 Å². The van der Waals surface area contributed by atoms with Gasteiger partial charge in [-0.2, -0.15) is 4.31 Å². The maximum Gasteiger partial charge on any atom is 0.409 e. The van der Waals surface area contributed by atoms with E-state index in [2.05, 4.69) is 0 Å². The van der Waals surface area contributed by atoms with E-state index in [0.29, 0.717) is 32.1 Å². The molecule has 0 radical (unpaired) electrons. The summed E-state index contributed by atoms with van der Waals surface area (Å²) in [5.74, 6) is 0.603. The van der Waals surface area contributed by atoms with E-state index in [-0.39, 0.29) is 23.9 Å². The molecule has 1 aliphatic rings. The molecule has 158 valence electrons. The fourth-order valence-electron chi connectivity index (χ4n) is 3.29. The number of sulfonamides is 1. The lowest BCUT2D eigenvalue weighted by Crippen LogP contribution is -2.50. The average Bonchev–Trinajstić information content (AvgIpc) is 2.66. The van der Waals surface area contributed by atoms with Crippen molar-refractivity contribution in [3.8, 4) is 5.75 Å². The van der Waals surface area contributed by atoms with Crippen molar-refractivity contribution in [2.24, 2.45) is 0 Å². The smallest absolute Gasteiger partial charge is 0.409 e. The normalized spacial score (nSPS) is 15.7. The van der Waals surface area contributed by atoms with Crippen molar-refractivity contribution in [1.82, 2.24) is 9.21 Å². The summed E-state index contributed by atoms with van der Waals surface area (Å²) < 4.78 is 39.0. The quantitative estimate of drug-likeness (QED) is 0.686. The first kappa shape index (κ1) is 22.5. The number of carbonyl (C=O) groups excluding carboxylic acids is 1. The fraction of sp³-hybridized carbons (Fsp3) is 0.650. The number of aryl methyl sites for hydroxylation is 1. The number of nitrogens with zero attached hydrogens (tertiary/aromatic N) is 2. The number of carbonyl (C=O) groups is 1. The van der Waals surface area contributed by atoms with Crippen LogP contribution in [0, 0.1) is 6.92 Å². The monoisotopic (exact) mass is 412 g/mol.